The van der Waals surface area contributed by atoms with E-state index in [1.165, 1.54) is 0 Å². The van der Waals surface area contributed by atoms with Crippen LogP contribution in [-0.4, -0.2) is 46.3 Å². The highest BCUT2D eigenvalue weighted by Crippen LogP contribution is 2.39. The van der Waals surface area contributed by atoms with Crippen LogP contribution in [0.15, 0.2) is 70.6 Å². The van der Waals surface area contributed by atoms with Gasteiger partial charge in [-0.05, 0) is 72.7 Å². The van der Waals surface area contributed by atoms with Crippen molar-refractivity contribution in [3.63, 3.8) is 0 Å². The number of hydrogen-bond acceptors (Lipinski definition) is 5. The Hall–Kier alpha value is -4.16. The lowest BCUT2D eigenvalue weighted by molar-refractivity contribution is -0.152. The Morgan fingerprint density at radius 1 is 0.979 bits per heavy atom. The minimum absolute atomic E-state index is 0.0352. The van der Waals surface area contributed by atoms with Gasteiger partial charge in [-0.1, -0.05) is 77.9 Å². The molecule has 0 aliphatic heterocycles. The van der Waals surface area contributed by atoms with Crippen molar-refractivity contribution < 1.29 is 13.2 Å². The summed E-state index contributed by atoms with van der Waals surface area (Å²) in [6.45, 7) is 14.8. The van der Waals surface area contributed by atoms with Crippen LogP contribution in [0.1, 0.15) is 89.1 Å². The number of rotatable bonds is 11. The fourth-order valence-corrected chi connectivity index (χ4v) is 5.07. The smallest absolute Gasteiger partial charge is 0.370 e. The normalized spacial score (nSPS) is 12.8. The van der Waals surface area contributed by atoms with Gasteiger partial charge in [-0.15, -0.1) is 0 Å². The number of fused-ring (bicyclic) bond motifs is 1. The summed E-state index contributed by atoms with van der Waals surface area (Å²) >= 11 is 0. The van der Waals surface area contributed by atoms with Gasteiger partial charge in [0.15, 0.2) is 5.96 Å². The lowest BCUT2D eigenvalue weighted by Crippen LogP contribution is -2.23. The maximum atomic E-state index is 13.1. The van der Waals surface area contributed by atoms with E-state index in [9.17, 15) is 18.0 Å². The summed E-state index contributed by atoms with van der Waals surface area (Å²) in [7, 11) is 0. The van der Waals surface area contributed by atoms with E-state index < -0.39 is 12.1 Å². The molecule has 1 atom stereocenters. The lowest BCUT2D eigenvalue weighted by Gasteiger charge is -2.24. The molecule has 262 valence electrons. The number of aliphatic imine (C=N–C) groups is 1. The van der Waals surface area contributed by atoms with Gasteiger partial charge >= 0.3 is 11.9 Å². The summed E-state index contributed by atoms with van der Waals surface area (Å²) in [5.74, 6) is -1.30. The molecule has 9 nitrogen and oxygen atoms in total. The summed E-state index contributed by atoms with van der Waals surface area (Å²) in [5.41, 5.74) is 20.3. The maximum absolute atomic E-state index is 13.1. The highest BCUT2D eigenvalue weighted by Gasteiger charge is 2.40. The predicted octanol–water partition coefficient (Wildman–Crippen LogP) is 6.13. The third kappa shape index (κ3) is 11.2. The maximum Gasteiger partial charge on any atom is 0.395 e. The molecular formula is C36H51F3N8O. The number of benzene rings is 2. The first-order valence-corrected chi connectivity index (χ1v) is 16.3. The molecule has 0 amide bonds. The molecule has 2 heterocycles. The fourth-order valence-electron chi connectivity index (χ4n) is 5.07. The first-order chi connectivity index (χ1) is 22.4. The zero-order valence-electron chi connectivity index (χ0n) is 28.9. The molecule has 0 aliphatic rings. The van der Waals surface area contributed by atoms with Crippen molar-refractivity contribution in [1.82, 2.24) is 19.9 Å². The second-order valence-corrected chi connectivity index (χ2v) is 14.0. The average Bonchev–Trinajstić information content (AvgIpc) is 3.42. The van der Waals surface area contributed by atoms with Crippen LogP contribution in [0.5, 0.6) is 0 Å². The minimum atomic E-state index is -4.22. The number of aromatic amines is 1. The fraction of sp³-hybridized carbons (Fsp3) is 0.472. The Labute approximate surface area is 281 Å². The summed E-state index contributed by atoms with van der Waals surface area (Å²) in [6.07, 6.45) is -1.08. The second kappa shape index (κ2) is 16.3. The van der Waals surface area contributed by atoms with E-state index in [-0.39, 0.29) is 35.4 Å². The molecule has 8 N–H and O–H groups in total. The third-order valence-corrected chi connectivity index (χ3v) is 7.91. The zero-order chi connectivity index (χ0) is 35.7. The van der Waals surface area contributed by atoms with Gasteiger partial charge in [-0.3, -0.25) is 9.56 Å². The van der Waals surface area contributed by atoms with Gasteiger partial charge in [0.05, 0.1) is 11.6 Å². The molecule has 0 saturated heterocycles. The molecule has 12 heteroatoms. The van der Waals surface area contributed by atoms with Crippen LogP contribution in [0.2, 0.25) is 0 Å². The van der Waals surface area contributed by atoms with Crippen LogP contribution in [0.3, 0.4) is 0 Å². The van der Waals surface area contributed by atoms with Crippen molar-refractivity contribution >= 4 is 17.0 Å². The molecule has 0 aliphatic carbocycles. The Kier molecular flexibility index (Phi) is 13.0. The number of aromatic nitrogens is 3. The Morgan fingerprint density at radius 2 is 1.67 bits per heavy atom. The second-order valence-electron chi connectivity index (χ2n) is 14.0. The molecule has 0 saturated carbocycles. The van der Waals surface area contributed by atoms with Gasteiger partial charge in [0.25, 0.3) is 0 Å². The molecule has 0 bridgehead atoms. The van der Waals surface area contributed by atoms with Gasteiger partial charge in [-0.2, -0.15) is 18.2 Å². The Bertz CT molecular complexity index is 1690. The summed E-state index contributed by atoms with van der Waals surface area (Å²) in [6, 6.07) is 16.7. The van der Waals surface area contributed by atoms with Crippen LogP contribution in [0, 0.1) is 0 Å². The van der Waals surface area contributed by atoms with Crippen LogP contribution in [0.4, 0.5) is 13.2 Å². The third-order valence-electron chi connectivity index (χ3n) is 7.91. The number of H-pyrrole nitrogens is 1. The van der Waals surface area contributed by atoms with Crippen molar-refractivity contribution in [3.8, 4) is 5.69 Å². The SMILES string of the molecule is CC(C)(C)c1cc2cn(-c3ccc(CNCCCN=C(N)N)cc3)c(=O)nc2[nH]1.CC(C)(C)c1cccc(C(CCCN)C(F)(F)F)c1. The highest BCUT2D eigenvalue weighted by atomic mass is 19.4. The number of nitrogens with zero attached hydrogens (tertiary/aromatic N) is 3. The van der Waals surface area contributed by atoms with Gasteiger partial charge in [0.2, 0.25) is 0 Å². The predicted molar refractivity (Wildman–Crippen MR) is 190 cm³/mol. The van der Waals surface area contributed by atoms with Crippen molar-refractivity contribution in [2.24, 2.45) is 22.2 Å². The van der Waals surface area contributed by atoms with Crippen molar-refractivity contribution in [2.45, 2.75) is 90.3 Å². The summed E-state index contributed by atoms with van der Waals surface area (Å²) in [5, 5.41) is 4.27. The molecule has 0 spiro atoms. The number of nitrogens with one attached hydrogen (secondary N) is 2. The van der Waals surface area contributed by atoms with Crippen LogP contribution >= 0.6 is 0 Å². The van der Waals surface area contributed by atoms with E-state index in [0.717, 1.165) is 47.4 Å². The monoisotopic (exact) mass is 668 g/mol. The molecule has 0 fully saturated rings. The van der Waals surface area contributed by atoms with Gasteiger partial charge in [0, 0.05) is 35.8 Å². The standard InChI is InChI=1S/C21H29N7O.C15H22F3N/c1-21(2,3)17-11-15-13-28(20(29)27-18(15)26-17)16-7-5-14(6-8-16)12-24-9-4-10-25-19(22)23;1-14(2,3)12-7-4-6-11(10-12)13(8-5-9-19)15(16,17)18/h5-8,11,13,24H,4,9-10,12H2,1-3H3,(H4,22,23,25)(H,26,27,29);4,6-7,10,13H,5,8-9,19H2,1-3H3. The number of halogens is 3. The topological polar surface area (TPSA) is 153 Å². The Morgan fingerprint density at radius 3 is 2.25 bits per heavy atom. The quantitative estimate of drug-likeness (QED) is 0.0736. The highest BCUT2D eigenvalue weighted by molar-refractivity contribution is 5.76. The largest absolute Gasteiger partial charge is 0.395 e. The van der Waals surface area contributed by atoms with Crippen molar-refractivity contribution in [3.05, 3.63) is 93.7 Å². The molecule has 2 aromatic carbocycles. The number of guanidine groups is 1. The molecule has 48 heavy (non-hydrogen) atoms. The Balaban J connectivity index is 0.000000286. The van der Waals surface area contributed by atoms with Gasteiger partial charge in [0.1, 0.15) is 5.65 Å². The first kappa shape index (κ1) is 38.3. The zero-order valence-corrected chi connectivity index (χ0v) is 28.9. The number of hydrogen-bond donors (Lipinski definition) is 5. The van der Waals surface area contributed by atoms with E-state index in [1.54, 1.807) is 22.8 Å². The van der Waals surface area contributed by atoms with E-state index in [4.69, 9.17) is 17.2 Å². The van der Waals surface area contributed by atoms with Crippen molar-refractivity contribution in [2.75, 3.05) is 19.6 Å². The molecule has 4 aromatic rings. The van der Waals surface area contributed by atoms with Gasteiger partial charge < -0.3 is 27.5 Å². The average molecular weight is 669 g/mol. The van der Waals surface area contributed by atoms with E-state index in [2.05, 4.69) is 47.1 Å². The molecule has 1 unspecified atom stereocenters. The molecule has 2 aromatic heterocycles. The number of nitrogens with two attached hydrogens (primary N) is 3. The molecular weight excluding hydrogens is 617 g/mol. The number of alkyl halides is 3. The lowest BCUT2D eigenvalue weighted by atomic mass is 9.83. The van der Waals surface area contributed by atoms with Crippen molar-refractivity contribution in [1.29, 1.82) is 0 Å². The molecule has 0 radical (unpaired) electrons. The van der Waals surface area contributed by atoms with E-state index in [0.29, 0.717) is 24.2 Å². The van der Waals surface area contributed by atoms with Crippen LogP contribution in [0.25, 0.3) is 16.7 Å². The summed E-state index contributed by atoms with van der Waals surface area (Å²) < 4.78 is 40.9. The summed E-state index contributed by atoms with van der Waals surface area (Å²) in [4.78, 5) is 23.9. The minimum Gasteiger partial charge on any atom is -0.370 e. The van der Waals surface area contributed by atoms with E-state index in [1.807, 2.05) is 57.3 Å². The van der Waals surface area contributed by atoms with Gasteiger partial charge in [-0.25, -0.2) is 4.79 Å². The first-order valence-electron chi connectivity index (χ1n) is 16.3. The molecule has 4 rings (SSSR count). The van der Waals surface area contributed by atoms with E-state index >= 15 is 0 Å². The van der Waals surface area contributed by atoms with Crippen LogP contribution < -0.4 is 28.2 Å². The van der Waals surface area contributed by atoms with Crippen LogP contribution in [-0.2, 0) is 17.4 Å².